The van der Waals surface area contributed by atoms with Gasteiger partial charge in [0, 0.05) is 19.1 Å². The zero-order chi connectivity index (χ0) is 17.3. The lowest BCUT2D eigenvalue weighted by atomic mass is 9.98. The average molecular weight is 354 g/mol. The van der Waals surface area contributed by atoms with Crippen LogP contribution in [-0.2, 0) is 14.8 Å². The fourth-order valence-corrected chi connectivity index (χ4v) is 4.71. The summed E-state index contributed by atoms with van der Waals surface area (Å²) >= 11 is 0. The van der Waals surface area contributed by atoms with Crippen LogP contribution >= 0.6 is 0 Å². The number of benzene rings is 1. The number of hydrogen-bond acceptors (Lipinski definition) is 3. The van der Waals surface area contributed by atoms with Crippen LogP contribution in [0.1, 0.15) is 32.6 Å². The summed E-state index contributed by atoms with van der Waals surface area (Å²) in [5, 5.41) is 3.02. The number of nitrogens with zero attached hydrogens (tertiary/aromatic N) is 1. The topological polar surface area (TPSA) is 66.5 Å². The van der Waals surface area contributed by atoms with Crippen LogP contribution in [0.25, 0.3) is 0 Å². The van der Waals surface area contributed by atoms with Gasteiger partial charge in [0.1, 0.15) is 5.82 Å². The van der Waals surface area contributed by atoms with Crippen LogP contribution in [0.15, 0.2) is 29.2 Å². The van der Waals surface area contributed by atoms with Crippen molar-refractivity contribution in [3.05, 3.63) is 30.1 Å². The standard InChI is InChI=1S/C17H23FN2O3S/c1-12(13-4-5-13)19-17(21)14-3-2-10-20(11-14)24(22,23)16-8-6-15(18)7-9-16/h6-9,12-14H,2-5,10-11H2,1H3,(H,19,21). The molecule has 1 aromatic carbocycles. The second-order valence-corrected chi connectivity index (χ2v) is 8.73. The molecule has 5 nitrogen and oxygen atoms in total. The SMILES string of the molecule is CC(NC(=O)C1CCCN(S(=O)(=O)c2ccc(F)cc2)C1)C1CC1. The zero-order valence-corrected chi connectivity index (χ0v) is 14.6. The molecule has 1 amide bonds. The summed E-state index contributed by atoms with van der Waals surface area (Å²) in [5.41, 5.74) is 0. The molecular formula is C17H23FN2O3S. The van der Waals surface area contributed by atoms with E-state index in [2.05, 4.69) is 5.32 Å². The third kappa shape index (κ3) is 3.78. The van der Waals surface area contributed by atoms with E-state index in [1.165, 1.54) is 16.4 Å². The molecule has 2 atom stereocenters. The Hall–Kier alpha value is -1.47. The number of hydrogen-bond donors (Lipinski definition) is 1. The quantitative estimate of drug-likeness (QED) is 0.881. The van der Waals surface area contributed by atoms with Crippen molar-refractivity contribution in [2.45, 2.75) is 43.5 Å². The maximum Gasteiger partial charge on any atom is 0.243 e. The van der Waals surface area contributed by atoms with Gasteiger partial charge in [-0.3, -0.25) is 4.79 Å². The molecule has 1 heterocycles. The fourth-order valence-electron chi connectivity index (χ4n) is 3.19. The van der Waals surface area contributed by atoms with Gasteiger partial charge in [-0.1, -0.05) is 0 Å². The summed E-state index contributed by atoms with van der Waals surface area (Å²) in [6.45, 7) is 2.58. The lowest BCUT2D eigenvalue weighted by Gasteiger charge is -2.31. The Morgan fingerprint density at radius 3 is 2.54 bits per heavy atom. The van der Waals surface area contributed by atoms with E-state index in [4.69, 9.17) is 0 Å². The van der Waals surface area contributed by atoms with Crippen LogP contribution in [0.5, 0.6) is 0 Å². The number of piperidine rings is 1. The van der Waals surface area contributed by atoms with Crippen molar-refractivity contribution in [1.29, 1.82) is 0 Å². The molecule has 0 aromatic heterocycles. The van der Waals surface area contributed by atoms with E-state index in [0.717, 1.165) is 25.0 Å². The zero-order valence-electron chi connectivity index (χ0n) is 13.7. The summed E-state index contributed by atoms with van der Waals surface area (Å²) in [7, 11) is -3.69. The summed E-state index contributed by atoms with van der Waals surface area (Å²) in [6, 6.07) is 4.96. The second kappa shape index (κ2) is 6.80. The van der Waals surface area contributed by atoms with E-state index in [1.54, 1.807) is 0 Å². The van der Waals surface area contributed by atoms with Gasteiger partial charge in [0.05, 0.1) is 10.8 Å². The number of carbonyl (C=O) groups excluding carboxylic acids is 1. The molecule has 0 spiro atoms. The first-order valence-corrected chi connectivity index (χ1v) is 9.88. The molecule has 1 aliphatic carbocycles. The summed E-state index contributed by atoms with van der Waals surface area (Å²) in [6.07, 6.45) is 3.64. The van der Waals surface area contributed by atoms with Crippen molar-refractivity contribution >= 4 is 15.9 Å². The molecule has 1 aromatic rings. The monoisotopic (exact) mass is 354 g/mol. The lowest BCUT2D eigenvalue weighted by Crippen LogP contribution is -2.47. The Kier molecular flexibility index (Phi) is 4.92. The summed E-state index contributed by atoms with van der Waals surface area (Å²) < 4.78 is 39.7. The van der Waals surface area contributed by atoms with Crippen LogP contribution < -0.4 is 5.32 Å². The van der Waals surface area contributed by atoms with Gasteiger partial charge in [-0.05, 0) is 62.8 Å². The van der Waals surface area contributed by atoms with E-state index in [0.29, 0.717) is 25.3 Å². The minimum absolute atomic E-state index is 0.0617. The first-order chi connectivity index (χ1) is 11.4. The van der Waals surface area contributed by atoms with Gasteiger partial charge in [0.25, 0.3) is 0 Å². The molecule has 0 bridgehead atoms. The van der Waals surface area contributed by atoms with Crippen LogP contribution in [0, 0.1) is 17.7 Å². The van der Waals surface area contributed by atoms with Gasteiger partial charge in [-0.2, -0.15) is 4.31 Å². The lowest BCUT2D eigenvalue weighted by molar-refractivity contribution is -0.126. The predicted octanol–water partition coefficient (Wildman–Crippen LogP) is 2.14. The van der Waals surface area contributed by atoms with Gasteiger partial charge in [-0.25, -0.2) is 12.8 Å². The van der Waals surface area contributed by atoms with Crippen molar-refractivity contribution in [2.24, 2.45) is 11.8 Å². The molecule has 1 N–H and O–H groups in total. The Balaban J connectivity index is 1.67. The van der Waals surface area contributed by atoms with Crippen molar-refractivity contribution in [2.75, 3.05) is 13.1 Å². The van der Waals surface area contributed by atoms with Crippen LogP contribution in [0.3, 0.4) is 0 Å². The number of sulfonamides is 1. The van der Waals surface area contributed by atoms with E-state index < -0.39 is 15.8 Å². The van der Waals surface area contributed by atoms with Gasteiger partial charge in [0.15, 0.2) is 0 Å². The normalized spacial score (nSPS) is 23.7. The van der Waals surface area contributed by atoms with E-state index >= 15 is 0 Å². The number of carbonyl (C=O) groups is 1. The van der Waals surface area contributed by atoms with Crippen LogP contribution in [-0.4, -0.2) is 37.8 Å². The minimum atomic E-state index is -3.69. The Bertz CT molecular complexity index is 701. The molecule has 0 radical (unpaired) electrons. The number of amides is 1. The predicted molar refractivity (Wildman–Crippen MR) is 88.2 cm³/mol. The van der Waals surface area contributed by atoms with E-state index in [9.17, 15) is 17.6 Å². The Morgan fingerprint density at radius 2 is 1.92 bits per heavy atom. The third-order valence-corrected chi connectivity index (χ3v) is 6.78. The molecule has 3 rings (SSSR count). The van der Waals surface area contributed by atoms with Crippen LogP contribution in [0.2, 0.25) is 0 Å². The summed E-state index contributed by atoms with van der Waals surface area (Å²) in [4.78, 5) is 12.5. The molecule has 2 fully saturated rings. The number of nitrogens with one attached hydrogen (secondary N) is 1. The molecule has 7 heteroatoms. The fraction of sp³-hybridized carbons (Fsp3) is 0.588. The largest absolute Gasteiger partial charge is 0.353 e. The van der Waals surface area contributed by atoms with Crippen molar-refractivity contribution < 1.29 is 17.6 Å². The Morgan fingerprint density at radius 1 is 1.25 bits per heavy atom. The van der Waals surface area contributed by atoms with Gasteiger partial charge < -0.3 is 5.32 Å². The van der Waals surface area contributed by atoms with E-state index in [-0.39, 0.29) is 29.3 Å². The van der Waals surface area contributed by atoms with Gasteiger partial charge in [-0.15, -0.1) is 0 Å². The highest BCUT2D eigenvalue weighted by molar-refractivity contribution is 7.89. The van der Waals surface area contributed by atoms with Crippen LogP contribution in [0.4, 0.5) is 4.39 Å². The van der Waals surface area contributed by atoms with Crippen molar-refractivity contribution in [3.63, 3.8) is 0 Å². The van der Waals surface area contributed by atoms with Gasteiger partial charge in [0.2, 0.25) is 15.9 Å². The molecule has 1 saturated carbocycles. The Labute approximate surface area is 142 Å². The highest BCUT2D eigenvalue weighted by Gasteiger charge is 2.35. The van der Waals surface area contributed by atoms with Crippen molar-refractivity contribution in [1.82, 2.24) is 9.62 Å². The highest BCUT2D eigenvalue weighted by Crippen LogP contribution is 2.32. The third-order valence-electron chi connectivity index (χ3n) is 4.91. The molecular weight excluding hydrogens is 331 g/mol. The first kappa shape index (κ1) is 17.4. The molecule has 2 unspecified atom stereocenters. The minimum Gasteiger partial charge on any atom is -0.353 e. The highest BCUT2D eigenvalue weighted by atomic mass is 32.2. The maximum atomic E-state index is 13.0. The number of rotatable bonds is 5. The average Bonchev–Trinajstić information content (AvgIpc) is 3.40. The molecule has 2 aliphatic rings. The summed E-state index contributed by atoms with van der Waals surface area (Å²) in [5.74, 6) is -0.293. The first-order valence-electron chi connectivity index (χ1n) is 8.44. The molecule has 24 heavy (non-hydrogen) atoms. The number of halogens is 1. The van der Waals surface area contributed by atoms with E-state index in [1.807, 2.05) is 6.92 Å². The molecule has 1 saturated heterocycles. The molecule has 1 aliphatic heterocycles. The van der Waals surface area contributed by atoms with Crippen molar-refractivity contribution in [3.8, 4) is 0 Å². The maximum absolute atomic E-state index is 13.0. The smallest absolute Gasteiger partial charge is 0.243 e. The van der Waals surface area contributed by atoms with Gasteiger partial charge >= 0.3 is 0 Å². The second-order valence-electron chi connectivity index (χ2n) is 6.79. The molecule has 132 valence electrons.